The van der Waals surface area contributed by atoms with E-state index >= 15 is 0 Å². The van der Waals surface area contributed by atoms with Gasteiger partial charge in [0.1, 0.15) is 5.41 Å². The number of likely N-dealkylation sites (tertiary alicyclic amines) is 1. The van der Waals surface area contributed by atoms with Gasteiger partial charge in [-0.3, -0.25) is 9.59 Å². The monoisotopic (exact) mass is 306 g/mol. The Hall–Kier alpha value is -1.06. The molecule has 2 heterocycles. The minimum Gasteiger partial charge on any atom is -0.355 e. The van der Waals surface area contributed by atoms with Gasteiger partial charge in [-0.05, 0) is 49.4 Å². The Labute approximate surface area is 134 Å². The predicted molar refractivity (Wildman–Crippen MR) is 86.2 cm³/mol. The summed E-state index contributed by atoms with van der Waals surface area (Å²) in [7, 11) is 0. The van der Waals surface area contributed by atoms with Crippen molar-refractivity contribution in [3.05, 3.63) is 0 Å². The van der Waals surface area contributed by atoms with Gasteiger partial charge in [0.05, 0.1) is 0 Å². The normalized spacial score (nSPS) is 40.5. The summed E-state index contributed by atoms with van der Waals surface area (Å²) in [5.74, 6) is 0.0721. The van der Waals surface area contributed by atoms with E-state index in [1.54, 1.807) is 0 Å². The minimum atomic E-state index is -0.856. The number of nitrogens with one attached hydrogen (secondary N) is 1. The fourth-order valence-corrected chi connectivity index (χ4v) is 5.15. The summed E-state index contributed by atoms with van der Waals surface area (Å²) in [6.07, 6.45) is 5.99. The molecule has 124 valence electrons. The van der Waals surface area contributed by atoms with Crippen molar-refractivity contribution in [1.82, 2.24) is 10.2 Å². The Morgan fingerprint density at radius 2 is 2.00 bits per heavy atom. The third-order valence-corrected chi connectivity index (χ3v) is 7.38. The molecule has 2 bridgehead atoms. The van der Waals surface area contributed by atoms with Crippen LogP contribution >= 0.6 is 0 Å². The van der Waals surface area contributed by atoms with Crippen molar-refractivity contribution in [2.24, 2.45) is 16.2 Å². The van der Waals surface area contributed by atoms with E-state index in [0.717, 1.165) is 32.2 Å². The molecule has 0 spiro atoms. The standard InChI is InChI=1S/C18H30N2O2/c1-5-13-8-6-7-11-20(13)15(22)18-10-9-17(4,16(18,2)3)12-19-14(18)21/h13H,5-12H2,1-4H3,(H,19,21)/t13-,17+,18+/m1/s1. The lowest BCUT2D eigenvalue weighted by atomic mass is 9.55. The van der Waals surface area contributed by atoms with Crippen LogP contribution in [0.15, 0.2) is 0 Å². The van der Waals surface area contributed by atoms with Crippen molar-refractivity contribution < 1.29 is 9.59 Å². The Kier molecular flexibility index (Phi) is 3.57. The molecule has 3 fully saturated rings. The second kappa shape index (κ2) is 4.97. The van der Waals surface area contributed by atoms with Crippen molar-refractivity contribution in [3.63, 3.8) is 0 Å². The van der Waals surface area contributed by atoms with Gasteiger partial charge in [0, 0.05) is 19.1 Å². The van der Waals surface area contributed by atoms with Gasteiger partial charge in [0.25, 0.3) is 0 Å². The number of hydrogen-bond acceptors (Lipinski definition) is 2. The summed E-state index contributed by atoms with van der Waals surface area (Å²) >= 11 is 0. The zero-order valence-electron chi connectivity index (χ0n) is 14.5. The van der Waals surface area contributed by atoms with Crippen LogP contribution in [0.25, 0.3) is 0 Å². The topological polar surface area (TPSA) is 49.4 Å². The van der Waals surface area contributed by atoms with Crippen LogP contribution in [0.2, 0.25) is 0 Å². The van der Waals surface area contributed by atoms with Crippen LogP contribution < -0.4 is 5.32 Å². The van der Waals surface area contributed by atoms with Gasteiger partial charge >= 0.3 is 0 Å². The molecule has 4 heteroatoms. The molecular formula is C18H30N2O2. The lowest BCUT2D eigenvalue weighted by Gasteiger charge is -2.53. The fraction of sp³-hybridized carbons (Fsp3) is 0.889. The summed E-state index contributed by atoms with van der Waals surface area (Å²) in [6, 6.07) is 0.313. The number of fused-ring (bicyclic) bond motifs is 2. The molecule has 0 aromatic rings. The predicted octanol–water partition coefficient (Wildman–Crippen LogP) is 2.72. The largest absolute Gasteiger partial charge is 0.355 e. The summed E-state index contributed by atoms with van der Waals surface area (Å²) in [5, 5.41) is 3.05. The van der Waals surface area contributed by atoms with E-state index in [0.29, 0.717) is 19.0 Å². The van der Waals surface area contributed by atoms with Gasteiger partial charge in [-0.1, -0.05) is 27.7 Å². The molecule has 0 aromatic heterocycles. The zero-order chi connectivity index (χ0) is 16.2. The SMILES string of the molecule is CC[C@@H]1CCCCN1C(=O)[C@]12CC[C@@](C)(CNC1=O)C2(C)C. The first-order chi connectivity index (χ1) is 10.3. The highest BCUT2D eigenvalue weighted by Crippen LogP contribution is 2.65. The van der Waals surface area contributed by atoms with Gasteiger partial charge in [0.2, 0.25) is 11.8 Å². The molecule has 3 aliphatic rings. The Morgan fingerprint density at radius 3 is 2.68 bits per heavy atom. The molecule has 0 aromatic carbocycles. The number of nitrogens with zero attached hydrogens (tertiary/aromatic N) is 1. The number of carbonyl (C=O) groups is 2. The average Bonchev–Trinajstić information content (AvgIpc) is 2.62. The first-order valence-corrected chi connectivity index (χ1v) is 8.89. The maximum Gasteiger partial charge on any atom is 0.239 e. The van der Waals surface area contributed by atoms with Gasteiger partial charge < -0.3 is 10.2 Å². The summed E-state index contributed by atoms with van der Waals surface area (Å²) in [5.41, 5.74) is -1.12. The van der Waals surface area contributed by atoms with Crippen molar-refractivity contribution >= 4 is 11.8 Å². The van der Waals surface area contributed by atoms with E-state index in [1.807, 2.05) is 4.90 Å². The molecule has 3 rings (SSSR count). The molecule has 22 heavy (non-hydrogen) atoms. The second-order valence-electron chi connectivity index (χ2n) is 8.33. The van der Waals surface area contributed by atoms with E-state index in [-0.39, 0.29) is 22.6 Å². The van der Waals surface area contributed by atoms with Crippen LogP contribution in [0.1, 0.15) is 66.2 Å². The number of hydrogen-bond donors (Lipinski definition) is 1. The van der Waals surface area contributed by atoms with Crippen molar-refractivity contribution in [3.8, 4) is 0 Å². The van der Waals surface area contributed by atoms with E-state index in [1.165, 1.54) is 6.42 Å². The highest BCUT2D eigenvalue weighted by Gasteiger charge is 2.71. The Balaban J connectivity index is 2.00. The summed E-state index contributed by atoms with van der Waals surface area (Å²) in [4.78, 5) is 28.4. The number of rotatable bonds is 2. The average molecular weight is 306 g/mol. The van der Waals surface area contributed by atoms with Crippen molar-refractivity contribution in [2.75, 3.05) is 13.1 Å². The second-order valence-corrected chi connectivity index (χ2v) is 8.33. The molecule has 0 radical (unpaired) electrons. The molecule has 2 saturated heterocycles. The van der Waals surface area contributed by atoms with Gasteiger partial charge in [-0.25, -0.2) is 0 Å². The molecule has 0 unspecified atom stereocenters. The van der Waals surface area contributed by atoms with E-state index in [9.17, 15) is 9.59 Å². The van der Waals surface area contributed by atoms with Crippen LogP contribution in [0.5, 0.6) is 0 Å². The summed E-state index contributed by atoms with van der Waals surface area (Å²) in [6.45, 7) is 10.2. The van der Waals surface area contributed by atoms with E-state index in [4.69, 9.17) is 0 Å². The minimum absolute atomic E-state index is 0.0219. The maximum absolute atomic E-state index is 13.5. The fourth-order valence-electron chi connectivity index (χ4n) is 5.15. The number of carbonyl (C=O) groups excluding carboxylic acids is 2. The van der Waals surface area contributed by atoms with E-state index < -0.39 is 5.41 Å². The van der Waals surface area contributed by atoms with Crippen LogP contribution in [-0.2, 0) is 9.59 Å². The molecular weight excluding hydrogens is 276 g/mol. The van der Waals surface area contributed by atoms with Crippen molar-refractivity contribution in [2.45, 2.75) is 72.3 Å². The van der Waals surface area contributed by atoms with Gasteiger partial charge in [-0.2, -0.15) is 0 Å². The van der Waals surface area contributed by atoms with Crippen molar-refractivity contribution in [1.29, 1.82) is 0 Å². The lowest BCUT2D eigenvalue weighted by molar-refractivity contribution is -0.168. The third kappa shape index (κ3) is 1.75. The highest BCUT2D eigenvalue weighted by atomic mass is 16.2. The van der Waals surface area contributed by atoms with Crippen LogP contribution in [0.4, 0.5) is 0 Å². The molecule has 4 nitrogen and oxygen atoms in total. The molecule has 3 atom stereocenters. The van der Waals surface area contributed by atoms with Crippen LogP contribution in [-0.4, -0.2) is 35.8 Å². The Bertz CT molecular complexity index is 501. The number of piperidine rings is 2. The molecule has 1 saturated carbocycles. The van der Waals surface area contributed by atoms with Gasteiger partial charge in [-0.15, -0.1) is 0 Å². The molecule has 1 aliphatic carbocycles. The first kappa shape index (κ1) is 15.8. The lowest BCUT2D eigenvalue weighted by Crippen LogP contribution is -2.66. The highest BCUT2D eigenvalue weighted by molar-refractivity contribution is 6.07. The smallest absolute Gasteiger partial charge is 0.239 e. The van der Waals surface area contributed by atoms with Crippen LogP contribution in [0, 0.1) is 16.2 Å². The zero-order valence-corrected chi connectivity index (χ0v) is 14.5. The number of amides is 2. The molecule has 2 aliphatic heterocycles. The quantitative estimate of drug-likeness (QED) is 0.798. The first-order valence-electron chi connectivity index (χ1n) is 8.89. The van der Waals surface area contributed by atoms with Gasteiger partial charge in [0.15, 0.2) is 0 Å². The maximum atomic E-state index is 13.5. The molecule has 1 N–H and O–H groups in total. The molecule has 2 amide bonds. The van der Waals surface area contributed by atoms with E-state index in [2.05, 4.69) is 33.0 Å². The third-order valence-electron chi connectivity index (χ3n) is 7.38. The summed E-state index contributed by atoms with van der Waals surface area (Å²) < 4.78 is 0. The van der Waals surface area contributed by atoms with Crippen LogP contribution in [0.3, 0.4) is 0 Å². The Morgan fingerprint density at radius 1 is 1.27 bits per heavy atom.